The zero-order valence-corrected chi connectivity index (χ0v) is 11.9. The van der Waals surface area contributed by atoms with E-state index in [1.165, 1.54) is 17.8 Å². The topological polar surface area (TPSA) is 55.1 Å². The number of carbonyl (C=O) groups is 1. The molecule has 6 heteroatoms. The summed E-state index contributed by atoms with van der Waals surface area (Å²) < 4.78 is 25.8. The smallest absolute Gasteiger partial charge is 0.230 e. The number of nitrogens with one attached hydrogen (secondary N) is 1. The summed E-state index contributed by atoms with van der Waals surface area (Å²) in [4.78, 5) is 12.3. The molecule has 1 aromatic rings. The number of amides is 1. The third-order valence-electron chi connectivity index (χ3n) is 3.40. The highest BCUT2D eigenvalue weighted by Gasteiger charge is 2.19. The monoisotopic (exact) mass is 300 g/mol. The molecule has 0 heterocycles. The van der Waals surface area contributed by atoms with E-state index < -0.39 is 11.6 Å². The maximum atomic E-state index is 13.0. The van der Waals surface area contributed by atoms with Crippen LogP contribution in [0.5, 0.6) is 0 Å². The van der Waals surface area contributed by atoms with Crippen LogP contribution in [0.2, 0.25) is 0 Å². The molecule has 110 valence electrons. The third-order valence-corrected chi connectivity index (χ3v) is 4.39. The zero-order valence-electron chi connectivity index (χ0n) is 11.1. The molecule has 0 spiro atoms. The number of carbonyl (C=O) groups excluding carboxylic acids is 1. The van der Waals surface area contributed by atoms with Crippen molar-refractivity contribution in [3.8, 4) is 0 Å². The van der Waals surface area contributed by atoms with Crippen molar-refractivity contribution in [3.05, 3.63) is 29.8 Å². The van der Waals surface area contributed by atoms with Gasteiger partial charge >= 0.3 is 0 Å². The van der Waals surface area contributed by atoms with Crippen molar-refractivity contribution in [2.24, 2.45) is 5.73 Å². The lowest BCUT2D eigenvalue weighted by atomic mass is 9.92. The Morgan fingerprint density at radius 2 is 1.95 bits per heavy atom. The maximum absolute atomic E-state index is 13.0. The van der Waals surface area contributed by atoms with Crippen LogP contribution in [0.3, 0.4) is 0 Å². The first-order chi connectivity index (χ1) is 9.54. The Morgan fingerprint density at radius 1 is 1.25 bits per heavy atom. The molecule has 3 N–H and O–H groups in total. The average molecular weight is 300 g/mol. The Bertz CT molecular complexity index is 476. The molecule has 0 bridgehead atoms. The fourth-order valence-corrected chi connectivity index (χ4v) is 2.98. The van der Waals surface area contributed by atoms with E-state index in [9.17, 15) is 13.6 Å². The van der Waals surface area contributed by atoms with E-state index in [4.69, 9.17) is 5.73 Å². The van der Waals surface area contributed by atoms with E-state index >= 15 is 0 Å². The van der Waals surface area contributed by atoms with Crippen LogP contribution < -0.4 is 11.1 Å². The minimum atomic E-state index is -0.892. The molecule has 0 radical (unpaired) electrons. The van der Waals surface area contributed by atoms with Crippen molar-refractivity contribution in [1.29, 1.82) is 0 Å². The van der Waals surface area contributed by atoms with Gasteiger partial charge in [-0.3, -0.25) is 4.79 Å². The third kappa shape index (κ3) is 4.45. The first-order valence-corrected chi connectivity index (χ1v) is 7.66. The number of thioether (sulfide) groups is 1. The van der Waals surface area contributed by atoms with Gasteiger partial charge in [-0.1, -0.05) is 0 Å². The Hall–Kier alpha value is -1.14. The van der Waals surface area contributed by atoms with Crippen molar-refractivity contribution in [2.75, 3.05) is 5.75 Å². The van der Waals surface area contributed by atoms with Crippen molar-refractivity contribution < 1.29 is 13.6 Å². The van der Waals surface area contributed by atoms with Crippen LogP contribution in [-0.2, 0) is 4.79 Å². The van der Waals surface area contributed by atoms with Gasteiger partial charge in [0.25, 0.3) is 0 Å². The molecule has 0 unspecified atom stereocenters. The number of rotatable bonds is 4. The van der Waals surface area contributed by atoms with E-state index in [1.54, 1.807) is 0 Å². The Labute approximate surface area is 121 Å². The van der Waals surface area contributed by atoms with Crippen molar-refractivity contribution >= 4 is 17.7 Å². The van der Waals surface area contributed by atoms with Gasteiger partial charge in [0.15, 0.2) is 11.6 Å². The minimum Gasteiger partial charge on any atom is -0.353 e. The highest BCUT2D eigenvalue weighted by Crippen LogP contribution is 2.21. The van der Waals surface area contributed by atoms with Gasteiger partial charge in [-0.25, -0.2) is 8.78 Å². The highest BCUT2D eigenvalue weighted by atomic mass is 32.2. The summed E-state index contributed by atoms with van der Waals surface area (Å²) in [6.07, 6.45) is 3.67. The fourth-order valence-electron chi connectivity index (χ4n) is 2.25. The van der Waals surface area contributed by atoms with Crippen LogP contribution in [0.1, 0.15) is 25.7 Å². The Morgan fingerprint density at radius 3 is 2.60 bits per heavy atom. The van der Waals surface area contributed by atoms with Gasteiger partial charge in [-0.05, 0) is 43.9 Å². The molecule has 0 aliphatic heterocycles. The molecule has 1 aromatic carbocycles. The second-order valence-electron chi connectivity index (χ2n) is 5.04. The molecule has 0 saturated heterocycles. The minimum absolute atomic E-state index is 0.0831. The molecule has 0 aromatic heterocycles. The quantitative estimate of drug-likeness (QED) is 0.840. The van der Waals surface area contributed by atoms with Crippen molar-refractivity contribution in [3.63, 3.8) is 0 Å². The predicted molar refractivity (Wildman–Crippen MR) is 75.5 cm³/mol. The largest absolute Gasteiger partial charge is 0.353 e. The van der Waals surface area contributed by atoms with Crippen LogP contribution in [-0.4, -0.2) is 23.7 Å². The number of benzene rings is 1. The average Bonchev–Trinajstić information content (AvgIpc) is 2.43. The van der Waals surface area contributed by atoms with Gasteiger partial charge in [0.2, 0.25) is 5.91 Å². The fraction of sp³-hybridized carbons (Fsp3) is 0.500. The summed E-state index contributed by atoms with van der Waals surface area (Å²) >= 11 is 1.20. The van der Waals surface area contributed by atoms with Crippen LogP contribution in [0.25, 0.3) is 0 Å². The van der Waals surface area contributed by atoms with E-state index in [1.807, 2.05) is 0 Å². The summed E-state index contributed by atoms with van der Waals surface area (Å²) in [6, 6.07) is 4.08. The molecule has 1 fully saturated rings. The van der Waals surface area contributed by atoms with E-state index in [0.29, 0.717) is 4.90 Å². The molecular weight excluding hydrogens is 282 g/mol. The molecule has 3 nitrogen and oxygen atoms in total. The summed E-state index contributed by atoms with van der Waals surface area (Å²) in [6.45, 7) is 0. The standard InChI is InChI=1S/C14H18F2N2OS/c15-12-6-5-11(7-13(12)16)20-8-14(19)18-10-3-1-9(17)2-4-10/h5-7,9-10H,1-4,8,17H2,(H,18,19). The van der Waals surface area contributed by atoms with Gasteiger partial charge in [0.1, 0.15) is 0 Å². The first kappa shape index (κ1) is 15.3. The van der Waals surface area contributed by atoms with Gasteiger partial charge in [-0.2, -0.15) is 0 Å². The van der Waals surface area contributed by atoms with Crippen LogP contribution in [0.15, 0.2) is 23.1 Å². The SMILES string of the molecule is NC1CCC(NC(=O)CSc2ccc(F)c(F)c2)CC1. The number of hydrogen-bond donors (Lipinski definition) is 2. The van der Waals surface area contributed by atoms with E-state index in [2.05, 4.69) is 5.32 Å². The second-order valence-corrected chi connectivity index (χ2v) is 6.09. The molecule has 1 aliphatic rings. The van der Waals surface area contributed by atoms with Crippen molar-refractivity contribution in [1.82, 2.24) is 5.32 Å². The van der Waals surface area contributed by atoms with Crippen LogP contribution in [0, 0.1) is 11.6 Å². The van der Waals surface area contributed by atoms with Gasteiger partial charge in [-0.15, -0.1) is 11.8 Å². The lowest BCUT2D eigenvalue weighted by Crippen LogP contribution is -2.41. The predicted octanol–water partition coefficient (Wildman–Crippen LogP) is 2.44. The Kier molecular flexibility index (Phi) is 5.37. The molecule has 2 rings (SSSR count). The second kappa shape index (κ2) is 7.04. The van der Waals surface area contributed by atoms with E-state index in [0.717, 1.165) is 37.8 Å². The highest BCUT2D eigenvalue weighted by molar-refractivity contribution is 8.00. The van der Waals surface area contributed by atoms with Crippen LogP contribution >= 0.6 is 11.8 Å². The van der Waals surface area contributed by atoms with Crippen LogP contribution in [0.4, 0.5) is 8.78 Å². The zero-order chi connectivity index (χ0) is 14.5. The molecule has 1 amide bonds. The lowest BCUT2D eigenvalue weighted by Gasteiger charge is -2.26. The van der Waals surface area contributed by atoms with Gasteiger partial charge < -0.3 is 11.1 Å². The summed E-state index contributed by atoms with van der Waals surface area (Å²) in [7, 11) is 0. The summed E-state index contributed by atoms with van der Waals surface area (Å²) in [5, 5.41) is 2.95. The number of nitrogens with two attached hydrogens (primary N) is 1. The molecule has 20 heavy (non-hydrogen) atoms. The summed E-state index contributed by atoms with van der Waals surface area (Å²) in [5.74, 6) is -1.65. The first-order valence-electron chi connectivity index (χ1n) is 6.67. The summed E-state index contributed by atoms with van der Waals surface area (Å²) in [5.41, 5.74) is 5.81. The molecule has 1 aliphatic carbocycles. The van der Waals surface area contributed by atoms with Gasteiger partial charge in [0, 0.05) is 17.0 Å². The molecule has 0 atom stereocenters. The van der Waals surface area contributed by atoms with Gasteiger partial charge in [0.05, 0.1) is 5.75 Å². The normalized spacial score (nSPS) is 22.6. The Balaban J connectivity index is 1.76. The molecule has 1 saturated carbocycles. The molecular formula is C14H18F2N2OS. The lowest BCUT2D eigenvalue weighted by molar-refractivity contribution is -0.119. The number of halogens is 2. The van der Waals surface area contributed by atoms with E-state index in [-0.39, 0.29) is 23.7 Å². The maximum Gasteiger partial charge on any atom is 0.230 e. The number of hydrogen-bond acceptors (Lipinski definition) is 3. The van der Waals surface area contributed by atoms with Crippen molar-refractivity contribution in [2.45, 2.75) is 42.7 Å².